The van der Waals surface area contributed by atoms with Crippen LogP contribution >= 0.6 is 11.3 Å². The average molecular weight is 613 g/mol. The molecule has 2 amide bonds. The number of hydrogen-bond donors (Lipinski definition) is 6. The summed E-state index contributed by atoms with van der Waals surface area (Å²) in [5, 5.41) is 15.7. The Hall–Kier alpha value is -4.33. The molecular formula is C22H28N8O9S2. The van der Waals surface area contributed by atoms with Gasteiger partial charge in [0, 0.05) is 17.0 Å². The Kier molecular flexibility index (Phi) is 9.81. The maximum Gasteiger partial charge on any atom is 0.362 e. The van der Waals surface area contributed by atoms with Crippen molar-refractivity contribution in [2.24, 2.45) is 21.6 Å². The molecule has 3 atom stereocenters. The lowest BCUT2D eigenvalue weighted by atomic mass is 10.0. The summed E-state index contributed by atoms with van der Waals surface area (Å²) in [5.41, 5.74) is 17.0. The number of nitrogens with two attached hydrogens (primary N) is 3. The third kappa shape index (κ3) is 7.45. The number of aromatic nitrogens is 1. The number of β-lactam (4-membered cyclic amide) rings is 1. The van der Waals surface area contributed by atoms with Crippen molar-refractivity contribution in [3.63, 3.8) is 0 Å². The van der Waals surface area contributed by atoms with Crippen molar-refractivity contribution >= 4 is 56.1 Å². The summed E-state index contributed by atoms with van der Waals surface area (Å²) in [6.07, 6.45) is -1.69. The van der Waals surface area contributed by atoms with Crippen LogP contribution in [0.25, 0.3) is 0 Å². The molecule has 0 radical (unpaired) electrons. The van der Waals surface area contributed by atoms with Crippen molar-refractivity contribution in [3.8, 4) is 5.75 Å². The van der Waals surface area contributed by atoms with Gasteiger partial charge in [0.05, 0.1) is 12.6 Å². The number of hydrogen-bond acceptors (Lipinski definition) is 13. The van der Waals surface area contributed by atoms with Crippen molar-refractivity contribution < 1.29 is 42.0 Å². The van der Waals surface area contributed by atoms with Gasteiger partial charge in [-0.1, -0.05) is 5.16 Å². The first-order chi connectivity index (χ1) is 19.2. The summed E-state index contributed by atoms with van der Waals surface area (Å²) in [6, 6.07) is 3.86. The standard InChI is InChI=1S/C22H28N8O9S2/c1-10-15(20(32)30(10)41(35,36)37)27-19(31)17(16-11(2)40-22(25)28-16)29-39-14(21(33)34)9-38-13-5-3-12(4-6-13)18(24)26-8-7-23/h3-6,10,14-15H,7-9,23H2,1-2H3,(H2,24,26)(H2,25,28)(H,27,31)(H,33,34)(H,35,36,37)/b29-17-/t10-,14?,15-/m0/s1. The number of carbonyl (C=O) groups excluding carboxylic acids is 2. The molecule has 1 aliphatic rings. The molecule has 1 fully saturated rings. The van der Waals surface area contributed by atoms with Gasteiger partial charge < -0.3 is 37.2 Å². The molecule has 1 unspecified atom stereocenters. The Morgan fingerprint density at radius 3 is 2.46 bits per heavy atom. The fourth-order valence-electron chi connectivity index (χ4n) is 3.58. The SMILES string of the molecule is Cc1sc(N)nc1/C(=N/OC(COc1ccc(C(N)=NCCN)cc1)C(=O)O)C(=O)N[C@@H]1C(=O)N(S(=O)(=O)O)[C@H]1C. The van der Waals surface area contributed by atoms with Crippen LogP contribution in [0.5, 0.6) is 5.75 Å². The number of ether oxygens (including phenoxy) is 1. The molecular weight excluding hydrogens is 584 g/mol. The number of aryl methyl sites for hydroxylation is 1. The number of amides is 2. The zero-order valence-corrected chi connectivity index (χ0v) is 23.4. The van der Waals surface area contributed by atoms with Crippen LogP contribution in [0.2, 0.25) is 0 Å². The van der Waals surface area contributed by atoms with Crippen LogP contribution in [0.4, 0.5) is 5.13 Å². The van der Waals surface area contributed by atoms with Crippen LogP contribution < -0.4 is 27.3 Å². The molecule has 9 N–H and O–H groups in total. The summed E-state index contributed by atoms with van der Waals surface area (Å²) in [5.74, 6) is -3.03. The Morgan fingerprint density at radius 1 is 1.29 bits per heavy atom. The molecule has 1 aromatic heterocycles. The van der Waals surface area contributed by atoms with Crippen LogP contribution in [-0.4, -0.2) is 94.6 Å². The lowest BCUT2D eigenvalue weighted by Gasteiger charge is -2.42. The second-order valence-corrected chi connectivity index (χ2v) is 11.0. The minimum Gasteiger partial charge on any atom is -0.489 e. The number of carboxylic acids is 1. The predicted molar refractivity (Wildman–Crippen MR) is 147 cm³/mol. The number of thiazole rings is 1. The van der Waals surface area contributed by atoms with E-state index in [1.54, 1.807) is 19.1 Å². The van der Waals surface area contributed by atoms with E-state index in [9.17, 15) is 32.5 Å². The average Bonchev–Trinajstić information content (AvgIpc) is 3.24. The maximum absolute atomic E-state index is 13.1. The number of aliphatic carboxylic acids is 1. The summed E-state index contributed by atoms with van der Waals surface area (Å²) >= 11 is 1.01. The molecule has 41 heavy (non-hydrogen) atoms. The lowest BCUT2D eigenvalue weighted by Crippen LogP contribution is -2.71. The number of nitrogens with zero attached hydrogens (tertiary/aromatic N) is 4. The minimum absolute atomic E-state index is 0.0504. The summed E-state index contributed by atoms with van der Waals surface area (Å²) in [6.45, 7) is 3.02. The van der Waals surface area contributed by atoms with Gasteiger partial charge in [-0.15, -0.1) is 11.3 Å². The highest BCUT2D eigenvalue weighted by Crippen LogP contribution is 2.24. The molecule has 0 aliphatic carbocycles. The fraction of sp³-hybridized carbons (Fsp3) is 0.364. The molecule has 3 rings (SSSR count). The van der Waals surface area contributed by atoms with Crippen LogP contribution in [-0.2, 0) is 29.5 Å². The van der Waals surface area contributed by atoms with Crippen molar-refractivity contribution in [3.05, 3.63) is 40.4 Å². The summed E-state index contributed by atoms with van der Waals surface area (Å²) in [4.78, 5) is 50.8. The number of oxime groups is 1. The first-order valence-electron chi connectivity index (χ1n) is 11.8. The predicted octanol–water partition coefficient (Wildman–Crippen LogP) is -1.53. The van der Waals surface area contributed by atoms with Gasteiger partial charge in [-0.2, -0.15) is 8.42 Å². The number of carbonyl (C=O) groups is 3. The Balaban J connectivity index is 1.76. The van der Waals surface area contributed by atoms with Gasteiger partial charge in [-0.3, -0.25) is 19.1 Å². The first kappa shape index (κ1) is 31.2. The van der Waals surface area contributed by atoms with E-state index < -0.39 is 58.6 Å². The van der Waals surface area contributed by atoms with E-state index in [-0.39, 0.29) is 26.7 Å². The van der Waals surface area contributed by atoms with E-state index in [0.717, 1.165) is 11.3 Å². The fourth-order valence-corrected chi connectivity index (χ4v) is 5.15. The Labute approximate surface area is 237 Å². The molecule has 0 spiro atoms. The molecule has 0 saturated carbocycles. The number of benzene rings is 1. The van der Waals surface area contributed by atoms with Crippen LogP contribution in [0.15, 0.2) is 34.4 Å². The first-order valence-corrected chi connectivity index (χ1v) is 14.0. The van der Waals surface area contributed by atoms with E-state index in [1.807, 2.05) is 0 Å². The number of amidine groups is 1. The van der Waals surface area contributed by atoms with E-state index in [0.29, 0.717) is 23.5 Å². The van der Waals surface area contributed by atoms with Gasteiger partial charge in [-0.25, -0.2) is 14.1 Å². The second-order valence-electron chi connectivity index (χ2n) is 8.52. The van der Waals surface area contributed by atoms with Crippen LogP contribution in [0.3, 0.4) is 0 Å². The molecule has 2 heterocycles. The highest BCUT2D eigenvalue weighted by atomic mass is 32.2. The van der Waals surface area contributed by atoms with Crippen molar-refractivity contribution in [2.45, 2.75) is 32.0 Å². The van der Waals surface area contributed by atoms with E-state index >= 15 is 0 Å². The highest BCUT2D eigenvalue weighted by molar-refractivity contribution is 7.84. The molecule has 19 heteroatoms. The maximum atomic E-state index is 13.1. The Morgan fingerprint density at radius 2 is 1.95 bits per heavy atom. The zero-order valence-electron chi connectivity index (χ0n) is 21.8. The number of anilines is 1. The molecule has 1 saturated heterocycles. The molecule has 222 valence electrons. The van der Waals surface area contributed by atoms with Gasteiger partial charge in [0.1, 0.15) is 29.9 Å². The van der Waals surface area contributed by atoms with Gasteiger partial charge in [0.25, 0.3) is 17.9 Å². The largest absolute Gasteiger partial charge is 0.489 e. The van der Waals surface area contributed by atoms with E-state index in [4.69, 9.17) is 26.8 Å². The lowest BCUT2D eigenvalue weighted by molar-refractivity contribution is -0.152. The second kappa shape index (κ2) is 12.9. The van der Waals surface area contributed by atoms with E-state index in [1.165, 1.54) is 19.1 Å². The van der Waals surface area contributed by atoms with Gasteiger partial charge in [-0.05, 0) is 38.1 Å². The van der Waals surface area contributed by atoms with Crippen molar-refractivity contribution in [2.75, 3.05) is 25.4 Å². The number of carboxylic acid groups (broad SMARTS) is 1. The summed E-state index contributed by atoms with van der Waals surface area (Å²) in [7, 11) is -4.83. The highest BCUT2D eigenvalue weighted by Gasteiger charge is 2.51. The molecule has 17 nitrogen and oxygen atoms in total. The van der Waals surface area contributed by atoms with Gasteiger partial charge in [0.2, 0.25) is 0 Å². The Bertz CT molecular complexity index is 1470. The van der Waals surface area contributed by atoms with Crippen molar-refractivity contribution in [1.82, 2.24) is 14.6 Å². The minimum atomic E-state index is -4.83. The number of nitrogen functional groups attached to an aromatic ring is 1. The quantitative estimate of drug-likeness (QED) is 0.0493. The van der Waals surface area contributed by atoms with Crippen molar-refractivity contribution in [1.29, 1.82) is 0 Å². The number of nitrogens with one attached hydrogen (secondary N) is 1. The molecule has 0 bridgehead atoms. The molecule has 1 aromatic carbocycles. The van der Waals surface area contributed by atoms with Crippen LogP contribution in [0, 0.1) is 6.92 Å². The van der Waals surface area contributed by atoms with E-state index in [2.05, 4.69) is 20.4 Å². The zero-order chi connectivity index (χ0) is 30.5. The third-order valence-electron chi connectivity index (χ3n) is 5.63. The van der Waals surface area contributed by atoms with Gasteiger partial charge >= 0.3 is 16.3 Å². The third-order valence-corrected chi connectivity index (χ3v) is 7.44. The topological polar surface area (TPSA) is 275 Å². The molecule has 2 aromatic rings. The smallest absolute Gasteiger partial charge is 0.362 e. The number of rotatable bonds is 13. The normalized spacial score (nSPS) is 18.4. The number of aliphatic imine (C=N–C) groups is 1. The van der Waals surface area contributed by atoms with Gasteiger partial charge in [0.15, 0.2) is 10.8 Å². The molecule has 1 aliphatic heterocycles. The monoisotopic (exact) mass is 612 g/mol. The van der Waals surface area contributed by atoms with Crippen LogP contribution in [0.1, 0.15) is 23.1 Å². The summed E-state index contributed by atoms with van der Waals surface area (Å²) < 4.78 is 37.6.